The van der Waals surface area contributed by atoms with Crippen LogP contribution in [0.15, 0.2) is 91.0 Å². The highest BCUT2D eigenvalue weighted by atomic mass is 32.2. The molecule has 1 unspecified atom stereocenters. The summed E-state index contributed by atoms with van der Waals surface area (Å²) < 4.78 is 67.6. The largest absolute Gasteiger partial charge is 0.497 e. The number of halogens is 3. The van der Waals surface area contributed by atoms with Gasteiger partial charge >= 0.3 is 14.8 Å². The van der Waals surface area contributed by atoms with Gasteiger partial charge in [-0.2, -0.15) is 34.7 Å². The van der Waals surface area contributed by atoms with Crippen LogP contribution in [0.4, 0.5) is 30.2 Å². The van der Waals surface area contributed by atoms with Gasteiger partial charge < -0.3 is 29.4 Å². The van der Waals surface area contributed by atoms with Gasteiger partial charge in [0.25, 0.3) is 5.69 Å². The molecule has 0 fully saturated rings. The van der Waals surface area contributed by atoms with E-state index in [1.54, 1.807) is 14.2 Å². The van der Waals surface area contributed by atoms with E-state index in [0.29, 0.717) is 35.7 Å². The maximum atomic E-state index is 13.3. The van der Waals surface area contributed by atoms with E-state index < -0.39 is 47.9 Å². The Hall–Kier alpha value is -4.15. The van der Waals surface area contributed by atoms with Gasteiger partial charge in [0.05, 0.1) is 37.9 Å². The van der Waals surface area contributed by atoms with E-state index in [1.807, 2.05) is 78.9 Å². The third-order valence-electron chi connectivity index (χ3n) is 7.20. The molecule has 0 spiro atoms. The molecule has 0 saturated carbocycles. The van der Waals surface area contributed by atoms with E-state index in [1.165, 1.54) is 11.8 Å². The molecule has 0 aliphatic heterocycles. The molecule has 4 aromatic rings. The lowest BCUT2D eigenvalue weighted by Crippen LogP contribution is -2.33. The van der Waals surface area contributed by atoms with Gasteiger partial charge in [-0.25, -0.2) is 5.84 Å². The maximum Gasteiger partial charge on any atom is 0.416 e. The van der Waals surface area contributed by atoms with Gasteiger partial charge in [-0.15, -0.1) is 0 Å². The average Bonchev–Trinajstić information content (AvgIpc) is 3.09. The van der Waals surface area contributed by atoms with Crippen LogP contribution in [0, 0.1) is 10.1 Å². The van der Waals surface area contributed by atoms with E-state index in [2.05, 4.69) is 0 Å². The Labute approximate surface area is 285 Å². The number of benzene rings is 4. The predicted octanol–water partition coefficient (Wildman–Crippen LogP) is 6.80. The molecular weight excluding hydrogens is 688 g/mol. The van der Waals surface area contributed by atoms with Gasteiger partial charge in [0.2, 0.25) is 0 Å². The first-order chi connectivity index (χ1) is 23.4. The van der Waals surface area contributed by atoms with Crippen molar-refractivity contribution < 1.29 is 46.3 Å². The lowest BCUT2D eigenvalue weighted by Gasteiger charge is -2.36. The number of thioether (sulfide) groups is 1. The van der Waals surface area contributed by atoms with Crippen LogP contribution in [-0.2, 0) is 25.7 Å². The normalized spacial score (nSPS) is 12.4. The highest BCUT2D eigenvalue weighted by Gasteiger charge is 2.38. The van der Waals surface area contributed by atoms with E-state index in [-0.39, 0.29) is 17.8 Å². The minimum Gasteiger partial charge on any atom is -0.497 e. The zero-order chi connectivity index (χ0) is 35.6. The lowest BCUT2D eigenvalue weighted by atomic mass is 9.80. The quantitative estimate of drug-likeness (QED) is 0.0199. The molecule has 262 valence electrons. The van der Waals surface area contributed by atoms with E-state index in [9.17, 15) is 28.2 Å². The monoisotopic (exact) mass is 722 g/mol. The number of rotatable bonds is 17. The number of nitro groups is 1. The van der Waals surface area contributed by atoms with Crippen LogP contribution in [0.1, 0.15) is 22.3 Å². The molecule has 17 heteroatoms. The molecule has 49 heavy (non-hydrogen) atoms. The molecule has 0 bridgehead atoms. The lowest BCUT2D eigenvalue weighted by molar-refractivity contribution is -0.384. The summed E-state index contributed by atoms with van der Waals surface area (Å²) in [6.07, 6.45) is -4.93. The van der Waals surface area contributed by atoms with Crippen molar-refractivity contribution in [1.82, 2.24) is 0 Å². The molecule has 5 N–H and O–H groups in total. The summed E-state index contributed by atoms with van der Waals surface area (Å²) in [7, 11) is 0.460. The highest BCUT2D eigenvalue weighted by molar-refractivity contribution is 7.99. The molecule has 0 radical (unpaired) electrons. The van der Waals surface area contributed by atoms with Crippen LogP contribution in [0.3, 0.4) is 0 Å². The van der Waals surface area contributed by atoms with Crippen LogP contribution in [0.5, 0.6) is 11.5 Å². The zero-order valence-electron chi connectivity index (χ0n) is 26.3. The first kappa shape index (κ1) is 37.7. The van der Waals surface area contributed by atoms with Crippen molar-refractivity contribution in [3.05, 3.63) is 123 Å². The minimum absolute atomic E-state index is 0.0281. The maximum absolute atomic E-state index is 13.3. The third-order valence-corrected chi connectivity index (χ3v) is 8.83. The smallest absolute Gasteiger partial charge is 0.416 e. The van der Waals surface area contributed by atoms with Crippen LogP contribution in [-0.4, -0.2) is 48.8 Å². The molecule has 0 aliphatic carbocycles. The van der Waals surface area contributed by atoms with Gasteiger partial charge in [-0.3, -0.25) is 10.1 Å². The number of nitrogen functional groups attached to an aromatic ring is 1. The number of alkyl halides is 3. The summed E-state index contributed by atoms with van der Waals surface area (Å²) in [5.41, 5.74) is 3.56. The summed E-state index contributed by atoms with van der Waals surface area (Å²) in [6, 6.07) is 25.8. The number of anilines is 2. The van der Waals surface area contributed by atoms with Gasteiger partial charge in [0.1, 0.15) is 28.5 Å². The van der Waals surface area contributed by atoms with Crippen molar-refractivity contribution in [1.29, 1.82) is 0 Å². The number of hydrogen-bond acceptors (Lipinski definition) is 12. The average molecular weight is 723 g/mol. The third kappa shape index (κ3) is 9.30. The number of hydrogen-bond donors (Lipinski definition) is 3. The minimum atomic E-state index is -4.93. The van der Waals surface area contributed by atoms with E-state index >= 15 is 0 Å². The van der Waals surface area contributed by atoms with Crippen molar-refractivity contribution in [2.24, 2.45) is 5.84 Å². The number of hydrazine groups is 1. The summed E-state index contributed by atoms with van der Waals surface area (Å²) in [4.78, 5) is 20.3. The van der Waals surface area contributed by atoms with Gasteiger partial charge in [-0.1, -0.05) is 54.6 Å². The molecule has 0 saturated heterocycles. The van der Waals surface area contributed by atoms with Crippen LogP contribution in [0.2, 0.25) is 0 Å². The SMILES string of the molecule is COc1ccc(C(OCCSCCOP(O)ON(N)c2cc(C(F)(F)F)cc([N+](=O)[O-])c2N)(c2ccccc2)c2ccc(OC)cc2)cc1. The molecular formula is C32H34F3N4O8PS. The Morgan fingerprint density at radius 3 is 1.90 bits per heavy atom. The number of ether oxygens (including phenoxy) is 3. The Bertz CT molecular complexity index is 1630. The highest BCUT2D eigenvalue weighted by Crippen LogP contribution is 2.43. The standard InChI is InChI=1S/C32H34F3N4O8PS/c1-43-26-12-8-23(9-13-26)31(22-6-4-3-5-7-22,24-10-14-27(44-2)15-11-24)45-16-18-49-19-17-46-48(42)47-38(37)28-20-25(32(33,34)35)21-29(30(28)36)39(40)41/h3-15,20-21,42H,16-19,36-37H2,1-2H3. The van der Waals surface area contributed by atoms with E-state index in [0.717, 1.165) is 16.7 Å². The van der Waals surface area contributed by atoms with E-state index in [4.69, 9.17) is 34.9 Å². The Morgan fingerprint density at radius 2 is 1.39 bits per heavy atom. The second kappa shape index (κ2) is 17.0. The Morgan fingerprint density at radius 1 is 0.857 bits per heavy atom. The predicted molar refractivity (Wildman–Crippen MR) is 181 cm³/mol. The molecule has 4 aromatic carbocycles. The second-order valence-electron chi connectivity index (χ2n) is 10.1. The molecule has 1 atom stereocenters. The van der Waals surface area contributed by atoms with Crippen molar-refractivity contribution in [2.75, 3.05) is 49.8 Å². The van der Waals surface area contributed by atoms with Crippen LogP contribution in [0.25, 0.3) is 0 Å². The van der Waals surface area contributed by atoms with Crippen LogP contribution >= 0.6 is 20.4 Å². The van der Waals surface area contributed by atoms with Gasteiger partial charge in [-0.05, 0) is 47.0 Å². The fourth-order valence-corrected chi connectivity index (χ4v) is 6.13. The summed E-state index contributed by atoms with van der Waals surface area (Å²) in [5, 5.41) is 11.4. The number of nitrogens with zero attached hydrogens (tertiary/aromatic N) is 2. The topological polar surface area (TPSA) is 165 Å². The van der Waals surface area contributed by atoms with Crippen molar-refractivity contribution in [3.63, 3.8) is 0 Å². The first-order valence-corrected chi connectivity index (χ1v) is 16.8. The fraction of sp³-hybridized carbons (Fsp3) is 0.250. The summed E-state index contributed by atoms with van der Waals surface area (Å²) in [6.45, 7) is 0.270. The Kier molecular flexibility index (Phi) is 13.1. The van der Waals surface area contributed by atoms with Gasteiger partial charge in [0.15, 0.2) is 0 Å². The fourth-order valence-electron chi connectivity index (χ4n) is 4.87. The molecule has 0 heterocycles. The molecule has 4 rings (SSSR count). The number of nitro benzene ring substituents is 1. The molecule has 12 nitrogen and oxygen atoms in total. The first-order valence-electron chi connectivity index (χ1n) is 14.5. The van der Waals surface area contributed by atoms with Crippen LogP contribution < -0.4 is 26.2 Å². The zero-order valence-corrected chi connectivity index (χ0v) is 28.0. The molecule has 0 amide bonds. The van der Waals surface area contributed by atoms with Gasteiger partial charge in [0, 0.05) is 17.6 Å². The van der Waals surface area contributed by atoms with Crippen molar-refractivity contribution >= 4 is 37.4 Å². The summed E-state index contributed by atoms with van der Waals surface area (Å²) in [5.74, 6) is 7.93. The second-order valence-corrected chi connectivity index (χ2v) is 12.2. The number of methoxy groups -OCH3 is 2. The van der Waals surface area contributed by atoms with Crippen molar-refractivity contribution in [3.8, 4) is 11.5 Å². The molecule has 0 aromatic heterocycles. The Balaban J connectivity index is 1.39. The van der Waals surface area contributed by atoms with Crippen molar-refractivity contribution in [2.45, 2.75) is 11.8 Å². The summed E-state index contributed by atoms with van der Waals surface area (Å²) >= 11 is 1.45. The molecule has 0 aliphatic rings. The number of nitrogens with two attached hydrogens (primary N) is 2.